The summed E-state index contributed by atoms with van der Waals surface area (Å²) in [6.07, 6.45) is 0.969. The quantitative estimate of drug-likeness (QED) is 0.466. The molecule has 0 radical (unpaired) electrons. The van der Waals surface area contributed by atoms with E-state index in [-0.39, 0.29) is 11.9 Å². The SMILES string of the molecule is COc1ccc([C@H]2Oc3ccc(F)cc3C3=C2[C@H](c2ccccc2)n2ncnc2N3)c(OC)c1. The molecule has 0 spiro atoms. The number of methoxy groups -OCH3 is 2. The lowest BCUT2D eigenvalue weighted by Crippen LogP contribution is -2.32. The van der Waals surface area contributed by atoms with Crippen LogP contribution >= 0.6 is 0 Å². The van der Waals surface area contributed by atoms with Crippen LogP contribution in [0, 0.1) is 5.82 Å². The Balaban J connectivity index is 1.64. The molecule has 0 bridgehead atoms. The third-order valence-corrected chi connectivity index (χ3v) is 6.21. The van der Waals surface area contributed by atoms with Crippen LogP contribution in [0.25, 0.3) is 5.70 Å². The molecule has 0 aliphatic carbocycles. The summed E-state index contributed by atoms with van der Waals surface area (Å²) in [6.45, 7) is 0. The highest BCUT2D eigenvalue weighted by Gasteiger charge is 2.42. The molecule has 170 valence electrons. The van der Waals surface area contributed by atoms with E-state index in [1.165, 1.54) is 18.5 Å². The summed E-state index contributed by atoms with van der Waals surface area (Å²) in [6, 6.07) is 19.8. The van der Waals surface area contributed by atoms with Crippen molar-refractivity contribution >= 4 is 11.6 Å². The first-order valence-corrected chi connectivity index (χ1v) is 10.8. The van der Waals surface area contributed by atoms with Crippen LogP contribution in [0.5, 0.6) is 17.2 Å². The first kappa shape index (κ1) is 20.3. The van der Waals surface area contributed by atoms with E-state index in [0.717, 1.165) is 22.4 Å². The molecule has 1 N–H and O–H groups in total. The average molecular weight is 456 g/mol. The number of nitrogens with zero attached hydrogens (tertiary/aromatic N) is 3. The fraction of sp³-hybridized carbons (Fsp3) is 0.154. The number of aromatic nitrogens is 3. The molecule has 0 saturated heterocycles. The Bertz CT molecular complexity index is 1420. The van der Waals surface area contributed by atoms with Gasteiger partial charge in [0.25, 0.3) is 0 Å². The maximum atomic E-state index is 14.4. The summed E-state index contributed by atoms with van der Waals surface area (Å²) in [5.74, 6) is 2.09. The van der Waals surface area contributed by atoms with Crippen molar-refractivity contribution in [2.45, 2.75) is 12.1 Å². The number of rotatable bonds is 4. The van der Waals surface area contributed by atoms with E-state index in [2.05, 4.69) is 15.4 Å². The number of nitrogens with one attached hydrogen (secondary N) is 1. The maximum absolute atomic E-state index is 14.4. The minimum atomic E-state index is -0.538. The van der Waals surface area contributed by atoms with Crippen LogP contribution in [0.1, 0.15) is 28.8 Å². The Morgan fingerprint density at radius 2 is 1.85 bits per heavy atom. The zero-order valence-corrected chi connectivity index (χ0v) is 18.5. The van der Waals surface area contributed by atoms with Crippen LogP contribution < -0.4 is 19.5 Å². The van der Waals surface area contributed by atoms with E-state index in [1.54, 1.807) is 20.3 Å². The number of hydrogen-bond acceptors (Lipinski definition) is 6. The van der Waals surface area contributed by atoms with Crippen molar-refractivity contribution in [2.75, 3.05) is 19.5 Å². The van der Waals surface area contributed by atoms with Gasteiger partial charge in [0, 0.05) is 22.8 Å². The van der Waals surface area contributed by atoms with Gasteiger partial charge < -0.3 is 19.5 Å². The number of halogens is 1. The Labute approximate surface area is 195 Å². The molecule has 2 atom stereocenters. The van der Waals surface area contributed by atoms with E-state index in [0.29, 0.717) is 28.8 Å². The summed E-state index contributed by atoms with van der Waals surface area (Å²) >= 11 is 0. The number of anilines is 1. The van der Waals surface area contributed by atoms with Gasteiger partial charge in [-0.25, -0.2) is 9.07 Å². The van der Waals surface area contributed by atoms with Crippen molar-refractivity contribution in [2.24, 2.45) is 0 Å². The van der Waals surface area contributed by atoms with E-state index >= 15 is 0 Å². The Morgan fingerprint density at radius 1 is 1.00 bits per heavy atom. The second-order valence-corrected chi connectivity index (χ2v) is 8.04. The van der Waals surface area contributed by atoms with E-state index in [4.69, 9.17) is 14.2 Å². The second kappa shape index (κ2) is 7.91. The molecule has 2 aliphatic rings. The van der Waals surface area contributed by atoms with E-state index in [9.17, 15) is 4.39 Å². The number of fused-ring (bicyclic) bond motifs is 3. The van der Waals surface area contributed by atoms with Crippen LogP contribution in [0.4, 0.5) is 10.3 Å². The highest BCUT2D eigenvalue weighted by atomic mass is 19.1. The van der Waals surface area contributed by atoms with Crippen LogP contribution in [0.15, 0.2) is 78.6 Å². The minimum Gasteiger partial charge on any atom is -0.497 e. The third kappa shape index (κ3) is 3.10. The predicted molar refractivity (Wildman–Crippen MR) is 124 cm³/mol. The molecule has 3 aromatic carbocycles. The lowest BCUT2D eigenvalue weighted by Gasteiger charge is -2.39. The first-order valence-electron chi connectivity index (χ1n) is 10.8. The standard InChI is InChI=1S/C26H21FN4O3/c1-32-17-9-10-18(21(13-17)33-2)25-22-23(19-12-16(27)8-11-20(19)34-25)30-26-28-14-29-31(26)24(22)15-6-4-3-5-7-15/h3-14,24-25H,1-2H3,(H,28,29,30)/t24-,25+/m0/s1. The van der Waals surface area contributed by atoms with Crippen molar-refractivity contribution in [3.63, 3.8) is 0 Å². The van der Waals surface area contributed by atoms with Gasteiger partial charge in [0.2, 0.25) is 5.95 Å². The maximum Gasteiger partial charge on any atom is 0.226 e. The van der Waals surface area contributed by atoms with Gasteiger partial charge in [-0.1, -0.05) is 30.3 Å². The number of ether oxygens (including phenoxy) is 3. The number of benzene rings is 3. The van der Waals surface area contributed by atoms with Crippen LogP contribution in [-0.4, -0.2) is 29.0 Å². The first-order chi connectivity index (χ1) is 16.7. The lowest BCUT2D eigenvalue weighted by atomic mass is 9.84. The average Bonchev–Trinajstić information content (AvgIpc) is 3.35. The van der Waals surface area contributed by atoms with E-state index < -0.39 is 6.10 Å². The normalized spacial score (nSPS) is 18.2. The van der Waals surface area contributed by atoms with Crippen molar-refractivity contribution < 1.29 is 18.6 Å². The van der Waals surface area contributed by atoms with Gasteiger partial charge >= 0.3 is 0 Å². The summed E-state index contributed by atoms with van der Waals surface area (Å²) in [4.78, 5) is 4.40. The van der Waals surface area contributed by atoms with Crippen LogP contribution in [-0.2, 0) is 0 Å². The van der Waals surface area contributed by atoms with Crippen molar-refractivity contribution in [1.29, 1.82) is 0 Å². The molecule has 0 amide bonds. The van der Waals surface area contributed by atoms with Gasteiger partial charge in [0.1, 0.15) is 35.4 Å². The highest BCUT2D eigenvalue weighted by Crippen LogP contribution is 2.52. The molecule has 7 nitrogen and oxygen atoms in total. The second-order valence-electron chi connectivity index (χ2n) is 8.04. The molecule has 4 aromatic rings. The smallest absolute Gasteiger partial charge is 0.226 e. The predicted octanol–water partition coefficient (Wildman–Crippen LogP) is 4.99. The monoisotopic (exact) mass is 456 g/mol. The molecular weight excluding hydrogens is 435 g/mol. The third-order valence-electron chi connectivity index (χ3n) is 6.21. The summed E-state index contributed by atoms with van der Waals surface area (Å²) < 4.78 is 33.9. The zero-order chi connectivity index (χ0) is 23.2. The minimum absolute atomic E-state index is 0.330. The summed E-state index contributed by atoms with van der Waals surface area (Å²) in [5, 5.41) is 7.88. The van der Waals surface area contributed by atoms with Crippen LogP contribution in [0.3, 0.4) is 0 Å². The van der Waals surface area contributed by atoms with Gasteiger partial charge in [0.05, 0.1) is 19.9 Å². The zero-order valence-electron chi connectivity index (χ0n) is 18.5. The van der Waals surface area contributed by atoms with Gasteiger partial charge in [-0.05, 0) is 35.9 Å². The molecular formula is C26H21FN4O3. The van der Waals surface area contributed by atoms with Gasteiger partial charge in [-0.15, -0.1) is 0 Å². The molecule has 8 heteroatoms. The van der Waals surface area contributed by atoms with Gasteiger partial charge in [-0.2, -0.15) is 10.1 Å². The Kier molecular flexibility index (Phi) is 4.72. The molecule has 0 saturated carbocycles. The van der Waals surface area contributed by atoms with Gasteiger partial charge in [0.15, 0.2) is 6.10 Å². The highest BCUT2D eigenvalue weighted by molar-refractivity contribution is 5.85. The Hall–Kier alpha value is -4.33. The fourth-order valence-electron chi connectivity index (χ4n) is 4.69. The van der Waals surface area contributed by atoms with Crippen molar-refractivity contribution in [3.05, 3.63) is 101 Å². The molecule has 2 aliphatic heterocycles. The molecule has 1 aromatic heterocycles. The molecule has 0 unspecified atom stereocenters. The van der Waals surface area contributed by atoms with E-state index in [1.807, 2.05) is 53.2 Å². The summed E-state index contributed by atoms with van der Waals surface area (Å²) in [7, 11) is 3.22. The molecule has 34 heavy (non-hydrogen) atoms. The van der Waals surface area contributed by atoms with Crippen molar-refractivity contribution in [3.8, 4) is 17.2 Å². The molecule has 3 heterocycles. The lowest BCUT2D eigenvalue weighted by molar-refractivity contribution is 0.217. The van der Waals surface area contributed by atoms with Crippen LogP contribution in [0.2, 0.25) is 0 Å². The van der Waals surface area contributed by atoms with Crippen molar-refractivity contribution in [1.82, 2.24) is 14.8 Å². The largest absolute Gasteiger partial charge is 0.497 e. The summed E-state index contributed by atoms with van der Waals surface area (Å²) in [5.41, 5.74) is 4.08. The topological polar surface area (TPSA) is 70.4 Å². The molecule has 6 rings (SSSR count). The van der Waals surface area contributed by atoms with Gasteiger partial charge in [-0.3, -0.25) is 0 Å². The fourth-order valence-corrected chi connectivity index (χ4v) is 4.69. The number of hydrogen-bond donors (Lipinski definition) is 1. The molecule has 0 fully saturated rings. The Morgan fingerprint density at radius 3 is 2.65 bits per heavy atom.